The summed E-state index contributed by atoms with van der Waals surface area (Å²) < 4.78 is 0. The van der Waals surface area contributed by atoms with Crippen molar-refractivity contribution in [2.45, 2.75) is 51.1 Å². The van der Waals surface area contributed by atoms with E-state index in [0.717, 1.165) is 19.4 Å². The number of oxime groups is 1. The molecular formula is C12H26N4O. The molecule has 0 saturated carbocycles. The fourth-order valence-electron chi connectivity index (χ4n) is 2.26. The van der Waals surface area contributed by atoms with Crippen LogP contribution in [0.5, 0.6) is 0 Å². The third kappa shape index (κ3) is 5.37. The molecule has 0 aliphatic carbocycles. The topological polar surface area (TPSA) is 73.9 Å². The van der Waals surface area contributed by atoms with E-state index in [1.807, 2.05) is 0 Å². The van der Waals surface area contributed by atoms with Crippen LogP contribution in [0.15, 0.2) is 5.16 Å². The predicted octanol–water partition coefficient (Wildman–Crippen LogP) is 0.975. The standard InChI is InChI=1S/C12H26N4O/c1-10-9-11(6-8-16(10)2)14-7-4-3-5-12(13)15-17/h10-11,14,17H,3-9H2,1-2H3,(H2,13,15). The number of rotatable bonds is 6. The van der Waals surface area contributed by atoms with E-state index in [-0.39, 0.29) is 0 Å². The van der Waals surface area contributed by atoms with Crippen LogP contribution in [0.3, 0.4) is 0 Å². The van der Waals surface area contributed by atoms with Gasteiger partial charge in [0, 0.05) is 18.5 Å². The molecule has 1 heterocycles. The molecule has 0 aromatic heterocycles. The molecule has 1 rings (SSSR count). The minimum atomic E-state index is 0.331. The summed E-state index contributed by atoms with van der Waals surface area (Å²) in [5.74, 6) is 0.331. The average Bonchev–Trinajstić information content (AvgIpc) is 2.33. The van der Waals surface area contributed by atoms with Gasteiger partial charge in [0.2, 0.25) is 0 Å². The van der Waals surface area contributed by atoms with Crippen LogP contribution in [0.2, 0.25) is 0 Å². The zero-order chi connectivity index (χ0) is 12.7. The number of piperidine rings is 1. The van der Waals surface area contributed by atoms with E-state index >= 15 is 0 Å². The van der Waals surface area contributed by atoms with Crippen LogP contribution in [0, 0.1) is 0 Å². The molecule has 0 amide bonds. The highest BCUT2D eigenvalue weighted by molar-refractivity contribution is 5.79. The summed E-state index contributed by atoms with van der Waals surface area (Å²) in [4.78, 5) is 2.41. The molecule has 0 aromatic rings. The Morgan fingerprint density at radius 1 is 1.53 bits per heavy atom. The van der Waals surface area contributed by atoms with Gasteiger partial charge in [0.1, 0.15) is 5.84 Å². The van der Waals surface area contributed by atoms with Gasteiger partial charge in [-0.25, -0.2) is 0 Å². The molecule has 2 atom stereocenters. The van der Waals surface area contributed by atoms with Crippen molar-refractivity contribution in [2.75, 3.05) is 20.1 Å². The van der Waals surface area contributed by atoms with Crippen molar-refractivity contribution in [3.63, 3.8) is 0 Å². The van der Waals surface area contributed by atoms with Crippen LogP contribution in [-0.2, 0) is 0 Å². The van der Waals surface area contributed by atoms with Gasteiger partial charge in [-0.3, -0.25) is 0 Å². The highest BCUT2D eigenvalue weighted by Crippen LogP contribution is 2.15. The van der Waals surface area contributed by atoms with Gasteiger partial charge in [-0.2, -0.15) is 0 Å². The third-order valence-corrected chi connectivity index (χ3v) is 3.63. The van der Waals surface area contributed by atoms with E-state index in [9.17, 15) is 0 Å². The molecule has 0 aromatic carbocycles. The first-order valence-electron chi connectivity index (χ1n) is 6.53. The molecule has 2 unspecified atom stereocenters. The van der Waals surface area contributed by atoms with Crippen molar-refractivity contribution in [3.05, 3.63) is 0 Å². The second kappa shape index (κ2) is 7.50. The lowest BCUT2D eigenvalue weighted by Crippen LogP contribution is -2.45. The van der Waals surface area contributed by atoms with Gasteiger partial charge in [-0.15, -0.1) is 0 Å². The first kappa shape index (κ1) is 14.3. The molecule has 4 N–H and O–H groups in total. The zero-order valence-corrected chi connectivity index (χ0v) is 11.0. The Labute approximate surface area is 104 Å². The van der Waals surface area contributed by atoms with Gasteiger partial charge >= 0.3 is 0 Å². The Bertz CT molecular complexity index is 245. The number of nitrogens with two attached hydrogens (primary N) is 1. The van der Waals surface area contributed by atoms with Crippen LogP contribution in [0.4, 0.5) is 0 Å². The smallest absolute Gasteiger partial charge is 0.139 e. The van der Waals surface area contributed by atoms with Gasteiger partial charge in [0.05, 0.1) is 0 Å². The Balaban J connectivity index is 2.03. The average molecular weight is 242 g/mol. The lowest BCUT2D eigenvalue weighted by atomic mass is 9.99. The quantitative estimate of drug-likeness (QED) is 0.213. The number of unbranched alkanes of at least 4 members (excludes halogenated alkanes) is 1. The third-order valence-electron chi connectivity index (χ3n) is 3.63. The van der Waals surface area contributed by atoms with Crippen molar-refractivity contribution >= 4 is 5.84 Å². The summed E-state index contributed by atoms with van der Waals surface area (Å²) in [5, 5.41) is 14.9. The predicted molar refractivity (Wildman–Crippen MR) is 70.4 cm³/mol. The normalized spacial score (nSPS) is 27.3. The van der Waals surface area contributed by atoms with Gasteiger partial charge < -0.3 is 21.2 Å². The maximum Gasteiger partial charge on any atom is 0.139 e. The second-order valence-corrected chi connectivity index (χ2v) is 5.05. The largest absolute Gasteiger partial charge is 0.409 e. The molecule has 0 radical (unpaired) electrons. The van der Waals surface area contributed by atoms with Crippen molar-refractivity contribution in [1.29, 1.82) is 0 Å². The minimum Gasteiger partial charge on any atom is -0.409 e. The number of nitrogens with zero attached hydrogens (tertiary/aromatic N) is 2. The van der Waals surface area contributed by atoms with Gasteiger partial charge in [-0.1, -0.05) is 5.16 Å². The minimum absolute atomic E-state index is 0.331. The molecule has 1 fully saturated rings. The molecule has 100 valence electrons. The van der Waals surface area contributed by atoms with Gasteiger partial charge in [-0.05, 0) is 52.7 Å². The Morgan fingerprint density at radius 2 is 2.29 bits per heavy atom. The lowest BCUT2D eigenvalue weighted by molar-refractivity contribution is 0.168. The van der Waals surface area contributed by atoms with Crippen LogP contribution < -0.4 is 11.1 Å². The van der Waals surface area contributed by atoms with E-state index in [0.29, 0.717) is 24.3 Å². The first-order chi connectivity index (χ1) is 8.13. The molecule has 1 saturated heterocycles. The Morgan fingerprint density at radius 3 is 2.94 bits per heavy atom. The van der Waals surface area contributed by atoms with Crippen LogP contribution in [0.25, 0.3) is 0 Å². The molecule has 5 nitrogen and oxygen atoms in total. The molecule has 17 heavy (non-hydrogen) atoms. The van der Waals surface area contributed by atoms with Crippen molar-refractivity contribution in [3.8, 4) is 0 Å². The van der Waals surface area contributed by atoms with E-state index in [4.69, 9.17) is 10.9 Å². The van der Waals surface area contributed by atoms with Crippen LogP contribution in [0.1, 0.15) is 39.0 Å². The van der Waals surface area contributed by atoms with Crippen molar-refractivity contribution in [1.82, 2.24) is 10.2 Å². The van der Waals surface area contributed by atoms with Gasteiger partial charge in [0.25, 0.3) is 0 Å². The fourth-order valence-corrected chi connectivity index (χ4v) is 2.26. The number of hydrogen-bond acceptors (Lipinski definition) is 4. The summed E-state index contributed by atoms with van der Waals surface area (Å²) in [6.07, 6.45) is 5.21. The fraction of sp³-hybridized carbons (Fsp3) is 0.917. The summed E-state index contributed by atoms with van der Waals surface area (Å²) >= 11 is 0. The highest BCUT2D eigenvalue weighted by atomic mass is 16.4. The Kier molecular flexibility index (Phi) is 6.29. The van der Waals surface area contributed by atoms with E-state index in [2.05, 4.69) is 29.3 Å². The Hall–Kier alpha value is -0.810. The van der Waals surface area contributed by atoms with Crippen molar-refractivity contribution < 1.29 is 5.21 Å². The van der Waals surface area contributed by atoms with Crippen molar-refractivity contribution in [2.24, 2.45) is 10.9 Å². The maximum absolute atomic E-state index is 8.39. The SMILES string of the molecule is CC1CC(NCCCCC(N)=NO)CCN1C. The van der Waals surface area contributed by atoms with Crippen LogP contribution in [-0.4, -0.2) is 48.2 Å². The maximum atomic E-state index is 8.39. The molecule has 5 heteroatoms. The number of hydrogen-bond donors (Lipinski definition) is 3. The summed E-state index contributed by atoms with van der Waals surface area (Å²) in [6.45, 7) is 4.50. The monoisotopic (exact) mass is 242 g/mol. The van der Waals surface area contributed by atoms with E-state index in [1.54, 1.807) is 0 Å². The van der Waals surface area contributed by atoms with Gasteiger partial charge in [0.15, 0.2) is 0 Å². The molecule has 0 bridgehead atoms. The lowest BCUT2D eigenvalue weighted by Gasteiger charge is -2.35. The molecule has 1 aliphatic rings. The summed E-state index contributed by atoms with van der Waals surface area (Å²) in [5.41, 5.74) is 5.41. The molecule has 1 aliphatic heterocycles. The number of amidine groups is 1. The van der Waals surface area contributed by atoms with Crippen LogP contribution >= 0.6 is 0 Å². The van der Waals surface area contributed by atoms with E-state index < -0.39 is 0 Å². The highest BCUT2D eigenvalue weighted by Gasteiger charge is 2.21. The number of nitrogens with one attached hydrogen (secondary N) is 1. The molecular weight excluding hydrogens is 216 g/mol. The zero-order valence-electron chi connectivity index (χ0n) is 11.0. The molecule has 0 spiro atoms. The summed E-state index contributed by atoms with van der Waals surface area (Å²) in [6, 6.07) is 1.34. The van der Waals surface area contributed by atoms with E-state index in [1.165, 1.54) is 19.4 Å². The number of likely N-dealkylation sites (tertiary alicyclic amines) is 1. The summed E-state index contributed by atoms with van der Waals surface area (Å²) in [7, 11) is 2.19. The second-order valence-electron chi connectivity index (χ2n) is 5.05. The first-order valence-corrected chi connectivity index (χ1v) is 6.53.